The number of piperidine rings is 1. The fourth-order valence-electron chi connectivity index (χ4n) is 4.95. The number of amides is 2. The third-order valence-electron chi connectivity index (χ3n) is 6.74. The molecule has 0 aliphatic carbocycles. The van der Waals surface area contributed by atoms with Gasteiger partial charge in [-0.2, -0.15) is 0 Å². The van der Waals surface area contributed by atoms with Crippen molar-refractivity contribution >= 4 is 35.5 Å². The van der Waals surface area contributed by atoms with Gasteiger partial charge in [0.05, 0.1) is 6.04 Å². The van der Waals surface area contributed by atoms with E-state index in [0.717, 1.165) is 61.9 Å². The van der Waals surface area contributed by atoms with Crippen molar-refractivity contribution in [1.29, 1.82) is 0 Å². The van der Waals surface area contributed by atoms with E-state index >= 15 is 0 Å². The van der Waals surface area contributed by atoms with Crippen LogP contribution in [0.1, 0.15) is 45.9 Å². The number of benzene rings is 3. The molecule has 0 radical (unpaired) electrons. The van der Waals surface area contributed by atoms with Crippen molar-refractivity contribution in [2.75, 3.05) is 19.6 Å². The SMILES string of the molecule is O=C1c2ccccc2CC(c2ccc(Cl)cc2Cl)N1C1CCNCC1.O=CNCCc1ccccc1. The normalized spacial score (nSPS) is 17.6. The Bertz CT molecular complexity index is 1170. The second-order valence-electron chi connectivity index (χ2n) is 9.04. The molecule has 3 aromatic rings. The lowest BCUT2D eigenvalue weighted by Gasteiger charge is -2.44. The number of halogens is 2. The van der Waals surface area contributed by atoms with Crippen molar-refractivity contribution in [2.45, 2.75) is 37.8 Å². The summed E-state index contributed by atoms with van der Waals surface area (Å²) < 4.78 is 0. The van der Waals surface area contributed by atoms with Crippen LogP contribution in [0.15, 0.2) is 72.8 Å². The van der Waals surface area contributed by atoms with Crippen LogP contribution in [0.4, 0.5) is 0 Å². The number of hydrogen-bond acceptors (Lipinski definition) is 3. The number of nitrogens with one attached hydrogen (secondary N) is 2. The van der Waals surface area contributed by atoms with Crippen LogP contribution in [0.2, 0.25) is 10.0 Å². The van der Waals surface area contributed by atoms with Gasteiger partial charge in [0.25, 0.3) is 5.91 Å². The molecule has 3 aromatic carbocycles. The fourth-order valence-corrected chi connectivity index (χ4v) is 5.49. The first-order valence-electron chi connectivity index (χ1n) is 12.4. The second-order valence-corrected chi connectivity index (χ2v) is 9.89. The molecule has 5 rings (SSSR count). The van der Waals surface area contributed by atoms with Crippen LogP contribution in [-0.4, -0.2) is 42.9 Å². The predicted molar refractivity (Wildman–Crippen MR) is 146 cm³/mol. The number of carbonyl (C=O) groups is 2. The smallest absolute Gasteiger partial charge is 0.254 e. The largest absolute Gasteiger partial charge is 0.358 e. The molecular formula is C29H31Cl2N3O2. The van der Waals surface area contributed by atoms with Crippen molar-refractivity contribution in [3.63, 3.8) is 0 Å². The lowest BCUT2D eigenvalue weighted by atomic mass is 9.86. The minimum absolute atomic E-state index is 0.0460. The number of nitrogens with zero attached hydrogens (tertiary/aromatic N) is 1. The van der Waals surface area contributed by atoms with Gasteiger partial charge in [0.2, 0.25) is 6.41 Å². The van der Waals surface area contributed by atoms with Crippen LogP contribution in [0.3, 0.4) is 0 Å². The molecule has 1 unspecified atom stereocenters. The summed E-state index contributed by atoms with van der Waals surface area (Å²) in [5.74, 6) is 0.116. The molecule has 2 aliphatic rings. The van der Waals surface area contributed by atoms with Gasteiger partial charge in [0.1, 0.15) is 0 Å². The minimum atomic E-state index is -0.0460. The molecule has 2 amide bonds. The molecular weight excluding hydrogens is 493 g/mol. The first-order chi connectivity index (χ1) is 17.6. The number of rotatable bonds is 6. The van der Waals surface area contributed by atoms with Gasteiger partial charge >= 0.3 is 0 Å². The molecule has 0 aromatic heterocycles. The Morgan fingerprint density at radius 1 is 0.972 bits per heavy atom. The van der Waals surface area contributed by atoms with Gasteiger partial charge in [0, 0.05) is 28.2 Å². The summed E-state index contributed by atoms with van der Waals surface area (Å²) in [6, 6.07) is 23.8. The average molecular weight is 524 g/mol. The summed E-state index contributed by atoms with van der Waals surface area (Å²) >= 11 is 12.6. The highest BCUT2D eigenvalue weighted by molar-refractivity contribution is 6.35. The number of hydrogen-bond donors (Lipinski definition) is 2. The second kappa shape index (κ2) is 12.9. The van der Waals surface area contributed by atoms with Crippen molar-refractivity contribution in [3.05, 3.63) is 105 Å². The molecule has 0 bridgehead atoms. The average Bonchev–Trinajstić information content (AvgIpc) is 2.90. The molecule has 1 saturated heterocycles. The summed E-state index contributed by atoms with van der Waals surface area (Å²) in [6.45, 7) is 2.60. The van der Waals surface area contributed by atoms with Crippen molar-refractivity contribution in [3.8, 4) is 0 Å². The van der Waals surface area contributed by atoms with Crippen molar-refractivity contribution in [1.82, 2.24) is 15.5 Å². The summed E-state index contributed by atoms with van der Waals surface area (Å²) in [5.41, 5.74) is 4.14. The van der Waals surface area contributed by atoms with E-state index in [4.69, 9.17) is 23.2 Å². The summed E-state index contributed by atoms with van der Waals surface area (Å²) in [6.07, 6.45) is 4.35. The zero-order valence-electron chi connectivity index (χ0n) is 20.1. The van der Waals surface area contributed by atoms with Crippen LogP contribution in [0, 0.1) is 0 Å². The fraction of sp³-hybridized carbons (Fsp3) is 0.310. The standard InChI is InChI=1S/C20H20Cl2N2O.C9H11NO/c21-14-5-6-17(18(22)12-14)19-11-13-3-1-2-4-16(13)20(25)24(19)15-7-9-23-10-8-15;11-8-10-7-6-9-4-2-1-3-5-9/h1-6,12,15,19,23H,7-11H2;1-5,8H,6-7H2,(H,10,11). The maximum absolute atomic E-state index is 13.3. The van der Waals surface area contributed by atoms with E-state index in [-0.39, 0.29) is 18.0 Å². The van der Waals surface area contributed by atoms with Crippen LogP contribution in [0.5, 0.6) is 0 Å². The maximum Gasteiger partial charge on any atom is 0.254 e. The van der Waals surface area contributed by atoms with Crippen LogP contribution >= 0.6 is 23.2 Å². The maximum atomic E-state index is 13.3. The summed E-state index contributed by atoms with van der Waals surface area (Å²) in [7, 11) is 0. The van der Waals surface area contributed by atoms with E-state index in [1.54, 1.807) is 6.07 Å². The van der Waals surface area contributed by atoms with E-state index in [2.05, 4.69) is 15.5 Å². The number of fused-ring (bicyclic) bond motifs is 1. The Balaban J connectivity index is 0.000000233. The molecule has 2 aliphatic heterocycles. The van der Waals surface area contributed by atoms with E-state index in [0.29, 0.717) is 16.6 Å². The molecule has 0 spiro atoms. The van der Waals surface area contributed by atoms with E-state index in [9.17, 15) is 9.59 Å². The van der Waals surface area contributed by atoms with E-state index < -0.39 is 0 Å². The highest BCUT2D eigenvalue weighted by atomic mass is 35.5. The molecule has 188 valence electrons. The van der Waals surface area contributed by atoms with E-state index in [1.807, 2.05) is 66.7 Å². The predicted octanol–water partition coefficient (Wildman–Crippen LogP) is 5.46. The van der Waals surface area contributed by atoms with Gasteiger partial charge < -0.3 is 15.5 Å². The monoisotopic (exact) mass is 523 g/mol. The van der Waals surface area contributed by atoms with Crippen LogP contribution in [-0.2, 0) is 17.6 Å². The van der Waals surface area contributed by atoms with Gasteiger partial charge in [-0.05, 0) is 73.7 Å². The molecule has 2 heterocycles. The van der Waals surface area contributed by atoms with Crippen LogP contribution < -0.4 is 10.6 Å². The molecule has 7 heteroatoms. The Kier molecular flexibility index (Phi) is 9.40. The van der Waals surface area contributed by atoms with Gasteiger partial charge in [-0.1, -0.05) is 77.8 Å². The van der Waals surface area contributed by atoms with Gasteiger partial charge in [-0.25, -0.2) is 0 Å². The van der Waals surface area contributed by atoms with Crippen LogP contribution in [0.25, 0.3) is 0 Å². The molecule has 2 N–H and O–H groups in total. The zero-order valence-corrected chi connectivity index (χ0v) is 21.6. The quantitative estimate of drug-likeness (QED) is 0.333. The third kappa shape index (κ3) is 6.47. The van der Waals surface area contributed by atoms with Crippen molar-refractivity contribution < 1.29 is 9.59 Å². The molecule has 0 saturated carbocycles. The Morgan fingerprint density at radius 3 is 2.42 bits per heavy atom. The van der Waals surface area contributed by atoms with E-state index in [1.165, 1.54) is 5.56 Å². The topological polar surface area (TPSA) is 61.4 Å². The summed E-state index contributed by atoms with van der Waals surface area (Å²) in [5, 5.41) is 7.24. The Morgan fingerprint density at radius 2 is 1.69 bits per heavy atom. The van der Waals surface area contributed by atoms with Gasteiger partial charge in [0.15, 0.2) is 0 Å². The molecule has 1 fully saturated rings. The lowest BCUT2D eigenvalue weighted by molar-refractivity contribution is -0.109. The molecule has 5 nitrogen and oxygen atoms in total. The highest BCUT2D eigenvalue weighted by Gasteiger charge is 2.38. The van der Waals surface area contributed by atoms with Gasteiger partial charge in [-0.3, -0.25) is 9.59 Å². The molecule has 1 atom stereocenters. The van der Waals surface area contributed by atoms with Crippen molar-refractivity contribution in [2.24, 2.45) is 0 Å². The molecule has 36 heavy (non-hydrogen) atoms. The third-order valence-corrected chi connectivity index (χ3v) is 7.30. The Hall–Kier alpha value is -2.86. The minimum Gasteiger partial charge on any atom is -0.358 e. The Labute approximate surface area is 222 Å². The first kappa shape index (κ1) is 26.2. The summed E-state index contributed by atoms with van der Waals surface area (Å²) in [4.78, 5) is 25.3. The lowest BCUT2D eigenvalue weighted by Crippen LogP contribution is -2.50. The zero-order chi connectivity index (χ0) is 25.3. The first-order valence-corrected chi connectivity index (χ1v) is 13.1. The highest BCUT2D eigenvalue weighted by Crippen LogP contribution is 2.39. The van der Waals surface area contributed by atoms with Gasteiger partial charge in [-0.15, -0.1) is 0 Å². The number of carbonyl (C=O) groups excluding carboxylic acids is 2.